The number of carbonyl (C=O) groups is 1. The third kappa shape index (κ3) is 4.72. The number of thiocarbonyl (C=S) groups is 1. The van der Waals surface area contributed by atoms with E-state index in [9.17, 15) is 13.2 Å². The molecule has 1 aromatic rings. The molecule has 0 unspecified atom stereocenters. The molecule has 0 saturated carbocycles. The van der Waals surface area contributed by atoms with Crippen LogP contribution < -0.4 is 19.8 Å². The number of amides is 1. The number of piperazine rings is 1. The van der Waals surface area contributed by atoms with Crippen molar-refractivity contribution in [2.45, 2.75) is 13.0 Å². The largest absolute Gasteiger partial charge is 0.442 e. The van der Waals surface area contributed by atoms with Crippen LogP contribution in [0.15, 0.2) is 24.3 Å². The minimum Gasteiger partial charge on any atom is -0.442 e. The number of benzene rings is 1. The van der Waals surface area contributed by atoms with Gasteiger partial charge < -0.3 is 15.0 Å². The summed E-state index contributed by atoms with van der Waals surface area (Å²) in [6.07, 6.45) is -0.611. The van der Waals surface area contributed by atoms with E-state index in [1.54, 1.807) is 11.8 Å². The molecule has 0 aromatic heterocycles. The highest BCUT2D eigenvalue weighted by Gasteiger charge is 2.32. The van der Waals surface area contributed by atoms with Gasteiger partial charge in [0.1, 0.15) is 6.10 Å². The molecule has 3 rings (SSSR count). The van der Waals surface area contributed by atoms with Gasteiger partial charge in [-0.3, -0.25) is 4.90 Å². The number of hydrogen-bond acceptors (Lipinski definition) is 6. The number of carbonyl (C=O) groups excluding carboxylic acids is 1. The average molecular weight is 428 g/mol. The summed E-state index contributed by atoms with van der Waals surface area (Å²) < 4.78 is 32.9. The van der Waals surface area contributed by atoms with Crippen LogP contribution in [0.25, 0.3) is 0 Å². The first-order chi connectivity index (χ1) is 13.3. The van der Waals surface area contributed by atoms with Gasteiger partial charge >= 0.3 is 6.09 Å². The molecular weight excluding hydrogens is 402 g/mol. The van der Waals surface area contributed by atoms with E-state index < -0.39 is 10.2 Å². The summed E-state index contributed by atoms with van der Waals surface area (Å²) in [6, 6.07) is 7.65. The van der Waals surface area contributed by atoms with Crippen LogP contribution >= 0.6 is 12.2 Å². The third-order valence-corrected chi connectivity index (χ3v) is 6.52. The van der Waals surface area contributed by atoms with E-state index in [1.165, 1.54) is 11.4 Å². The number of ether oxygens (including phenoxy) is 1. The second kappa shape index (κ2) is 8.60. The summed E-state index contributed by atoms with van der Waals surface area (Å²) >= 11 is 4.98. The molecule has 1 aromatic carbocycles. The molecule has 2 saturated heterocycles. The molecule has 1 amide bonds. The zero-order chi connectivity index (χ0) is 20.3. The molecule has 154 valence electrons. The number of rotatable bonds is 6. The molecule has 0 radical (unpaired) electrons. The van der Waals surface area contributed by atoms with Gasteiger partial charge in [0, 0.05) is 44.6 Å². The standard InChI is InChI=1S/C17H25N5O4S2/c1-13(27)19-11-16-12-22(17(23)26-16)15-5-3-14(4-6-15)20-7-9-21(10-8-20)28(24,25)18-2/h3-6,16,18H,7-12H2,1-2H3,(H,19,27)/t16-/m0/s1. The van der Waals surface area contributed by atoms with Crippen molar-refractivity contribution in [3.8, 4) is 0 Å². The van der Waals surface area contributed by atoms with Crippen molar-refractivity contribution in [1.29, 1.82) is 0 Å². The summed E-state index contributed by atoms with van der Waals surface area (Å²) in [4.78, 5) is 16.5. The van der Waals surface area contributed by atoms with Crippen molar-refractivity contribution in [2.24, 2.45) is 0 Å². The predicted octanol–water partition coefficient (Wildman–Crippen LogP) is 0.535. The summed E-state index contributed by atoms with van der Waals surface area (Å²) in [7, 11) is -1.96. The minimum absolute atomic E-state index is 0.243. The Morgan fingerprint density at radius 3 is 2.36 bits per heavy atom. The monoisotopic (exact) mass is 427 g/mol. The SMILES string of the molecule is CNS(=O)(=O)N1CCN(c2ccc(N3C[C@H](CNC(C)=S)OC3=O)cc2)CC1. The Kier molecular flexibility index (Phi) is 6.38. The van der Waals surface area contributed by atoms with Crippen molar-refractivity contribution in [1.82, 2.24) is 14.3 Å². The first-order valence-corrected chi connectivity index (χ1v) is 10.9. The highest BCUT2D eigenvalue weighted by atomic mass is 32.2. The van der Waals surface area contributed by atoms with Gasteiger partial charge in [-0.05, 0) is 31.2 Å². The Morgan fingerprint density at radius 1 is 1.18 bits per heavy atom. The van der Waals surface area contributed by atoms with Crippen LogP contribution in [0.2, 0.25) is 0 Å². The highest BCUT2D eigenvalue weighted by Crippen LogP contribution is 2.25. The second-order valence-electron chi connectivity index (χ2n) is 6.67. The molecule has 2 fully saturated rings. The minimum atomic E-state index is -3.38. The van der Waals surface area contributed by atoms with E-state index in [0.29, 0.717) is 44.3 Å². The molecular formula is C17H25N5O4S2. The second-order valence-corrected chi connectivity index (χ2v) is 9.15. The molecule has 2 heterocycles. The Morgan fingerprint density at radius 2 is 1.79 bits per heavy atom. The summed E-state index contributed by atoms with van der Waals surface area (Å²) in [5.74, 6) is 0. The van der Waals surface area contributed by atoms with Gasteiger partial charge in [0.25, 0.3) is 10.2 Å². The lowest BCUT2D eigenvalue weighted by atomic mass is 10.2. The van der Waals surface area contributed by atoms with Gasteiger partial charge in [-0.25, -0.2) is 9.52 Å². The van der Waals surface area contributed by atoms with Crippen molar-refractivity contribution >= 4 is 44.9 Å². The first-order valence-electron chi connectivity index (χ1n) is 9.06. The van der Waals surface area contributed by atoms with E-state index in [1.807, 2.05) is 24.3 Å². The lowest BCUT2D eigenvalue weighted by molar-refractivity contribution is 0.143. The number of nitrogens with one attached hydrogen (secondary N) is 2. The highest BCUT2D eigenvalue weighted by molar-refractivity contribution is 7.87. The van der Waals surface area contributed by atoms with Crippen LogP contribution in [-0.2, 0) is 14.9 Å². The lowest BCUT2D eigenvalue weighted by Crippen LogP contribution is -2.51. The maximum absolute atomic E-state index is 12.1. The summed E-state index contributed by atoms with van der Waals surface area (Å²) in [6.45, 7) is 4.82. The molecule has 2 N–H and O–H groups in total. The van der Waals surface area contributed by atoms with Crippen molar-refractivity contribution in [2.75, 3.05) is 56.1 Å². The van der Waals surface area contributed by atoms with E-state index in [2.05, 4.69) is 14.9 Å². The molecule has 1 atom stereocenters. The maximum atomic E-state index is 12.1. The molecule has 9 nitrogen and oxygen atoms in total. The Balaban J connectivity index is 1.59. The van der Waals surface area contributed by atoms with Crippen molar-refractivity contribution in [3.05, 3.63) is 24.3 Å². The topological polar surface area (TPSA) is 94.2 Å². The van der Waals surface area contributed by atoms with Gasteiger partial charge in [0.15, 0.2) is 0 Å². The van der Waals surface area contributed by atoms with E-state index in [-0.39, 0.29) is 12.2 Å². The molecule has 2 aliphatic rings. The molecule has 2 aliphatic heterocycles. The van der Waals surface area contributed by atoms with Gasteiger partial charge in [-0.15, -0.1) is 0 Å². The van der Waals surface area contributed by atoms with Crippen molar-refractivity contribution < 1.29 is 17.9 Å². The number of anilines is 2. The first kappa shape index (κ1) is 20.8. The smallest absolute Gasteiger partial charge is 0.414 e. The van der Waals surface area contributed by atoms with Gasteiger partial charge in [-0.1, -0.05) is 12.2 Å². The number of nitrogens with zero attached hydrogens (tertiary/aromatic N) is 3. The van der Waals surface area contributed by atoms with Gasteiger partial charge in [0.05, 0.1) is 18.1 Å². The zero-order valence-electron chi connectivity index (χ0n) is 15.9. The summed E-state index contributed by atoms with van der Waals surface area (Å²) in [5.41, 5.74) is 1.76. The Hall–Kier alpha value is -1.95. The Bertz CT molecular complexity index is 822. The maximum Gasteiger partial charge on any atom is 0.414 e. The summed E-state index contributed by atoms with van der Waals surface area (Å²) in [5, 5.41) is 3.02. The molecule has 0 aliphatic carbocycles. The zero-order valence-corrected chi connectivity index (χ0v) is 17.6. The van der Waals surface area contributed by atoms with E-state index >= 15 is 0 Å². The molecule has 0 spiro atoms. The quantitative estimate of drug-likeness (QED) is 0.640. The van der Waals surface area contributed by atoms with Crippen LogP contribution in [0.3, 0.4) is 0 Å². The van der Waals surface area contributed by atoms with Crippen LogP contribution in [0.4, 0.5) is 16.2 Å². The van der Waals surface area contributed by atoms with Gasteiger partial charge in [-0.2, -0.15) is 12.7 Å². The van der Waals surface area contributed by atoms with Crippen LogP contribution in [-0.4, -0.2) is 76.2 Å². The third-order valence-electron chi connectivity index (χ3n) is 4.82. The molecule has 28 heavy (non-hydrogen) atoms. The Labute approximate surface area is 170 Å². The average Bonchev–Trinajstić information content (AvgIpc) is 3.07. The van der Waals surface area contributed by atoms with E-state index in [0.717, 1.165) is 11.4 Å². The van der Waals surface area contributed by atoms with E-state index in [4.69, 9.17) is 17.0 Å². The molecule has 0 bridgehead atoms. The predicted molar refractivity (Wildman–Crippen MR) is 112 cm³/mol. The number of hydrogen-bond donors (Lipinski definition) is 2. The van der Waals surface area contributed by atoms with Crippen LogP contribution in [0, 0.1) is 0 Å². The van der Waals surface area contributed by atoms with Crippen LogP contribution in [0.1, 0.15) is 6.92 Å². The lowest BCUT2D eigenvalue weighted by Gasteiger charge is -2.35. The fourth-order valence-corrected chi connectivity index (χ4v) is 4.24. The van der Waals surface area contributed by atoms with Gasteiger partial charge in [0.2, 0.25) is 0 Å². The fraction of sp³-hybridized carbons (Fsp3) is 0.529. The normalized spacial score (nSPS) is 20.9. The van der Waals surface area contributed by atoms with Crippen molar-refractivity contribution in [3.63, 3.8) is 0 Å². The number of cyclic esters (lactones) is 1. The molecule has 11 heteroatoms. The fourth-order valence-electron chi connectivity index (χ4n) is 3.26. The van der Waals surface area contributed by atoms with Crippen LogP contribution in [0.5, 0.6) is 0 Å².